The van der Waals surface area contributed by atoms with Gasteiger partial charge in [0.1, 0.15) is 0 Å². The Morgan fingerprint density at radius 3 is 2.44 bits per heavy atom. The molecule has 2 amide bonds. The zero-order valence-electron chi connectivity index (χ0n) is 14.5. The molecule has 0 aliphatic heterocycles. The van der Waals surface area contributed by atoms with Crippen LogP contribution in [0.5, 0.6) is 0 Å². The van der Waals surface area contributed by atoms with Crippen molar-refractivity contribution in [2.24, 2.45) is 5.73 Å². The molecule has 140 valence electrons. The lowest BCUT2D eigenvalue weighted by Crippen LogP contribution is -2.51. The summed E-state index contributed by atoms with van der Waals surface area (Å²) in [5.41, 5.74) is 5.73. The van der Waals surface area contributed by atoms with Crippen LogP contribution >= 0.6 is 11.8 Å². The molecule has 8 heteroatoms. The molecule has 27 heavy (non-hydrogen) atoms. The van der Waals surface area contributed by atoms with Gasteiger partial charge < -0.3 is 11.1 Å². The zero-order valence-corrected chi connectivity index (χ0v) is 15.3. The number of rotatable bonds is 7. The van der Waals surface area contributed by atoms with Crippen LogP contribution in [0.25, 0.3) is 0 Å². The number of carbonyl (C=O) groups excluding carboxylic acids is 2. The standard InChI is InChI=1S/C19H19N3O4S/c20-18(24)13-7-8-16(15(11-13)22(25)26)27-12-17(23)21-19(9-4-10-19)14-5-2-1-3-6-14/h1-3,5-8,11H,4,9-10,12H2,(H2,20,24)(H,21,23). The average molecular weight is 385 g/mol. The van der Waals surface area contributed by atoms with E-state index in [1.807, 2.05) is 30.3 Å². The molecule has 0 heterocycles. The van der Waals surface area contributed by atoms with Gasteiger partial charge in [-0.15, -0.1) is 11.8 Å². The topological polar surface area (TPSA) is 115 Å². The van der Waals surface area contributed by atoms with Crippen molar-refractivity contribution < 1.29 is 14.5 Å². The van der Waals surface area contributed by atoms with Gasteiger partial charge in [-0.05, 0) is 37.0 Å². The van der Waals surface area contributed by atoms with Gasteiger partial charge in [-0.1, -0.05) is 30.3 Å². The van der Waals surface area contributed by atoms with Crippen LogP contribution in [0.1, 0.15) is 35.2 Å². The highest BCUT2D eigenvalue weighted by atomic mass is 32.2. The minimum absolute atomic E-state index is 0.0470. The number of hydrogen-bond donors (Lipinski definition) is 2. The number of nitro benzene ring substituents is 1. The molecule has 2 aromatic carbocycles. The molecular formula is C19H19N3O4S. The van der Waals surface area contributed by atoms with E-state index in [0.29, 0.717) is 4.90 Å². The molecule has 1 aliphatic rings. The van der Waals surface area contributed by atoms with Crippen LogP contribution in [0.4, 0.5) is 5.69 Å². The first kappa shape index (κ1) is 18.9. The van der Waals surface area contributed by atoms with Crippen LogP contribution in [0.2, 0.25) is 0 Å². The lowest BCUT2D eigenvalue weighted by atomic mass is 9.72. The third-order valence-corrected chi connectivity index (χ3v) is 5.77. The van der Waals surface area contributed by atoms with Gasteiger partial charge in [-0.2, -0.15) is 0 Å². The SMILES string of the molecule is NC(=O)c1ccc(SCC(=O)NC2(c3ccccc3)CCC2)c([N+](=O)[O-])c1. The number of nitro groups is 1. The summed E-state index contributed by atoms with van der Waals surface area (Å²) in [6, 6.07) is 13.8. The molecule has 0 aromatic heterocycles. The minimum atomic E-state index is -0.734. The molecule has 1 saturated carbocycles. The molecule has 3 N–H and O–H groups in total. The van der Waals surface area contributed by atoms with Crippen molar-refractivity contribution in [2.45, 2.75) is 29.7 Å². The molecule has 1 aliphatic carbocycles. The second-order valence-electron chi connectivity index (χ2n) is 6.44. The summed E-state index contributed by atoms with van der Waals surface area (Å²) in [6.07, 6.45) is 2.80. The average Bonchev–Trinajstić information content (AvgIpc) is 2.63. The maximum atomic E-state index is 12.5. The van der Waals surface area contributed by atoms with Crippen LogP contribution in [0.15, 0.2) is 53.4 Å². The fourth-order valence-corrected chi connectivity index (χ4v) is 3.96. The number of nitrogens with two attached hydrogens (primary N) is 1. The maximum absolute atomic E-state index is 12.5. The summed E-state index contributed by atoms with van der Waals surface area (Å²) in [5.74, 6) is -0.871. The van der Waals surface area contributed by atoms with Crippen LogP contribution < -0.4 is 11.1 Å². The quantitative estimate of drug-likeness (QED) is 0.432. The number of primary amides is 1. The predicted octanol–water partition coefficient (Wildman–Crippen LogP) is 2.98. The summed E-state index contributed by atoms with van der Waals surface area (Å²) in [7, 11) is 0. The van der Waals surface area contributed by atoms with Crippen molar-refractivity contribution in [3.63, 3.8) is 0 Å². The molecule has 0 spiro atoms. The number of thioether (sulfide) groups is 1. The molecule has 7 nitrogen and oxygen atoms in total. The smallest absolute Gasteiger partial charge is 0.283 e. The van der Waals surface area contributed by atoms with Gasteiger partial charge in [0.15, 0.2) is 0 Å². The Morgan fingerprint density at radius 2 is 1.89 bits per heavy atom. The Kier molecular flexibility index (Phi) is 5.46. The summed E-state index contributed by atoms with van der Waals surface area (Å²) >= 11 is 1.07. The first-order valence-corrected chi connectivity index (χ1v) is 9.47. The Bertz CT molecular complexity index is 882. The molecule has 0 radical (unpaired) electrons. The van der Waals surface area contributed by atoms with Crippen molar-refractivity contribution >= 4 is 29.3 Å². The predicted molar refractivity (Wildman–Crippen MR) is 102 cm³/mol. The number of carbonyl (C=O) groups is 2. The van der Waals surface area contributed by atoms with Gasteiger partial charge in [0.05, 0.1) is 21.1 Å². The molecule has 2 aromatic rings. The molecule has 0 bridgehead atoms. The van der Waals surface area contributed by atoms with E-state index in [1.54, 1.807) is 0 Å². The Balaban J connectivity index is 1.69. The molecule has 0 saturated heterocycles. The van der Waals surface area contributed by atoms with E-state index in [0.717, 1.165) is 42.7 Å². The van der Waals surface area contributed by atoms with Crippen LogP contribution in [-0.4, -0.2) is 22.5 Å². The monoisotopic (exact) mass is 385 g/mol. The van der Waals surface area contributed by atoms with Gasteiger partial charge in [0, 0.05) is 11.6 Å². The second-order valence-corrected chi connectivity index (χ2v) is 7.46. The molecule has 1 fully saturated rings. The molecule has 3 rings (SSSR count). The van der Waals surface area contributed by atoms with Gasteiger partial charge >= 0.3 is 0 Å². The Morgan fingerprint density at radius 1 is 1.19 bits per heavy atom. The number of hydrogen-bond acceptors (Lipinski definition) is 5. The fourth-order valence-electron chi connectivity index (χ4n) is 3.15. The zero-order chi connectivity index (χ0) is 19.4. The van der Waals surface area contributed by atoms with Crippen molar-refractivity contribution in [1.82, 2.24) is 5.32 Å². The van der Waals surface area contributed by atoms with Gasteiger partial charge in [0.25, 0.3) is 5.69 Å². The number of amides is 2. The minimum Gasteiger partial charge on any atom is -0.366 e. The number of nitrogens with zero attached hydrogens (tertiary/aromatic N) is 1. The summed E-state index contributed by atoms with van der Waals surface area (Å²) in [4.78, 5) is 34.7. The van der Waals surface area contributed by atoms with E-state index < -0.39 is 10.8 Å². The molecule has 0 unspecified atom stereocenters. The number of benzene rings is 2. The Labute approximate surface area is 160 Å². The summed E-state index contributed by atoms with van der Waals surface area (Å²) < 4.78 is 0. The van der Waals surface area contributed by atoms with Crippen LogP contribution in [0, 0.1) is 10.1 Å². The first-order chi connectivity index (χ1) is 12.9. The molecular weight excluding hydrogens is 366 g/mol. The van der Waals surface area contributed by atoms with E-state index in [4.69, 9.17) is 5.73 Å². The van der Waals surface area contributed by atoms with E-state index in [1.165, 1.54) is 12.1 Å². The highest BCUT2D eigenvalue weighted by molar-refractivity contribution is 8.00. The number of nitrogens with one attached hydrogen (secondary N) is 1. The second kappa shape index (κ2) is 7.79. The largest absolute Gasteiger partial charge is 0.366 e. The highest BCUT2D eigenvalue weighted by Gasteiger charge is 2.39. The van der Waals surface area contributed by atoms with E-state index in [9.17, 15) is 19.7 Å². The fraction of sp³-hybridized carbons (Fsp3) is 0.263. The van der Waals surface area contributed by atoms with Crippen LogP contribution in [-0.2, 0) is 10.3 Å². The highest BCUT2D eigenvalue weighted by Crippen LogP contribution is 2.41. The first-order valence-electron chi connectivity index (χ1n) is 8.49. The normalized spacial score (nSPS) is 14.8. The van der Waals surface area contributed by atoms with Gasteiger partial charge in [0.2, 0.25) is 11.8 Å². The maximum Gasteiger partial charge on any atom is 0.283 e. The van der Waals surface area contributed by atoms with Crippen molar-refractivity contribution in [2.75, 3.05) is 5.75 Å². The van der Waals surface area contributed by atoms with Crippen LogP contribution in [0.3, 0.4) is 0 Å². The van der Waals surface area contributed by atoms with E-state index in [2.05, 4.69) is 5.32 Å². The summed E-state index contributed by atoms with van der Waals surface area (Å²) in [6.45, 7) is 0. The third-order valence-electron chi connectivity index (χ3n) is 4.71. The Hall–Kier alpha value is -2.87. The van der Waals surface area contributed by atoms with Gasteiger partial charge in [-0.25, -0.2) is 0 Å². The van der Waals surface area contributed by atoms with Crippen molar-refractivity contribution in [3.05, 3.63) is 69.8 Å². The molecule has 0 atom stereocenters. The lowest BCUT2D eigenvalue weighted by molar-refractivity contribution is -0.387. The van der Waals surface area contributed by atoms with Gasteiger partial charge in [-0.3, -0.25) is 19.7 Å². The van der Waals surface area contributed by atoms with Crippen molar-refractivity contribution in [3.8, 4) is 0 Å². The third kappa shape index (κ3) is 4.11. The summed E-state index contributed by atoms with van der Waals surface area (Å²) in [5, 5.41) is 14.3. The van der Waals surface area contributed by atoms with E-state index >= 15 is 0 Å². The van der Waals surface area contributed by atoms with E-state index in [-0.39, 0.29) is 28.4 Å². The lowest BCUT2D eigenvalue weighted by Gasteiger charge is -2.43. The van der Waals surface area contributed by atoms with Crippen molar-refractivity contribution in [1.29, 1.82) is 0 Å².